The molecular weight excluding hydrogens is 560 g/mol. The largest absolute Gasteiger partial charge is 0.461 e. The Kier molecular flexibility index (Phi) is 12.8. The Morgan fingerprint density at radius 3 is 2.45 bits per heavy atom. The molecule has 9 heteroatoms. The van der Waals surface area contributed by atoms with E-state index in [9.17, 15) is 19.5 Å². The first-order valence-corrected chi connectivity index (χ1v) is 15.5. The van der Waals surface area contributed by atoms with Crippen LogP contribution in [-0.4, -0.2) is 60.6 Å². The second kappa shape index (κ2) is 16.0. The highest BCUT2D eigenvalue weighted by Crippen LogP contribution is 2.53. The summed E-state index contributed by atoms with van der Waals surface area (Å²) in [5.74, 6) is -1.14. The zero-order valence-corrected chi connectivity index (χ0v) is 26.8. The molecule has 0 saturated heterocycles. The highest BCUT2D eigenvalue weighted by Gasteiger charge is 2.50. The lowest BCUT2D eigenvalue weighted by atomic mass is 9.55. The van der Waals surface area contributed by atoms with Gasteiger partial charge in [-0.15, -0.1) is 0 Å². The van der Waals surface area contributed by atoms with Gasteiger partial charge < -0.3 is 30.4 Å². The number of amides is 2. The normalized spacial score (nSPS) is 38.2. The summed E-state index contributed by atoms with van der Waals surface area (Å²) in [6, 6.07) is -0.510. The van der Waals surface area contributed by atoms with Crippen LogP contribution in [0.3, 0.4) is 0 Å². The first-order chi connectivity index (χ1) is 20.9. The van der Waals surface area contributed by atoms with Crippen molar-refractivity contribution in [2.45, 2.75) is 84.3 Å². The number of aliphatic hydroxyl groups is 1. The van der Waals surface area contributed by atoms with Crippen molar-refractivity contribution in [2.75, 3.05) is 7.11 Å². The number of carbonyl (C=O) groups is 3. The van der Waals surface area contributed by atoms with Crippen molar-refractivity contribution in [3.63, 3.8) is 0 Å². The summed E-state index contributed by atoms with van der Waals surface area (Å²) >= 11 is 0. The Bertz CT molecular complexity index is 1190. The van der Waals surface area contributed by atoms with E-state index >= 15 is 0 Å². The van der Waals surface area contributed by atoms with E-state index in [2.05, 4.69) is 36.5 Å². The van der Waals surface area contributed by atoms with E-state index < -0.39 is 36.2 Å². The maximum absolute atomic E-state index is 12.8. The molecule has 4 N–H and O–H groups in total. The Hall–Kier alpha value is -3.43. The molecule has 44 heavy (non-hydrogen) atoms. The van der Waals surface area contributed by atoms with Gasteiger partial charge in [0.15, 0.2) is 0 Å². The molecule has 0 bridgehead atoms. The van der Waals surface area contributed by atoms with Crippen molar-refractivity contribution in [3.8, 4) is 0 Å². The molecule has 242 valence electrons. The van der Waals surface area contributed by atoms with Gasteiger partial charge in [0.2, 0.25) is 5.91 Å². The van der Waals surface area contributed by atoms with Crippen LogP contribution in [0.1, 0.15) is 53.9 Å². The topological polar surface area (TPSA) is 137 Å². The summed E-state index contributed by atoms with van der Waals surface area (Å²) in [7, 11) is 1.69. The summed E-state index contributed by atoms with van der Waals surface area (Å²) in [5, 5.41) is 13.7. The third-order valence-electron chi connectivity index (χ3n) is 9.40. The molecule has 0 radical (unpaired) electrons. The third kappa shape index (κ3) is 9.05. The summed E-state index contributed by atoms with van der Waals surface area (Å²) in [6.45, 7) is 9.14. The SMILES string of the molecule is CO[C@@H]1C[C@H](OC(N)=O)[C@@H]2C=C[C@@H]3/C=C/C=C/[C@@H](C)[C@H]([C@H](C)[C@H](O)[C@@H](C)NC(C)=O)OC(=O)C/C=C/C=C\C=C\[C@]3(C)[C@@H]2C1. The number of nitrogens with two attached hydrogens (primary N) is 1. The monoisotopic (exact) mass is 610 g/mol. The van der Waals surface area contributed by atoms with E-state index in [1.807, 2.05) is 50.3 Å². The van der Waals surface area contributed by atoms with Gasteiger partial charge >= 0.3 is 12.1 Å². The molecule has 3 rings (SSSR count). The molecule has 1 heterocycles. The lowest BCUT2D eigenvalue weighted by Crippen LogP contribution is -2.50. The smallest absolute Gasteiger partial charge is 0.404 e. The number of primary amides is 1. The molecule has 1 saturated carbocycles. The van der Waals surface area contributed by atoms with Gasteiger partial charge in [0.05, 0.1) is 24.7 Å². The summed E-state index contributed by atoms with van der Waals surface area (Å²) in [4.78, 5) is 36.1. The highest BCUT2D eigenvalue weighted by molar-refractivity contribution is 5.73. The van der Waals surface area contributed by atoms with Gasteiger partial charge in [0.25, 0.3) is 0 Å². The minimum Gasteiger partial charge on any atom is -0.461 e. The van der Waals surface area contributed by atoms with Crippen LogP contribution >= 0.6 is 0 Å². The first-order valence-electron chi connectivity index (χ1n) is 15.5. The predicted octanol–water partition coefficient (Wildman–Crippen LogP) is 4.94. The zero-order valence-electron chi connectivity index (χ0n) is 26.8. The molecule has 11 atom stereocenters. The van der Waals surface area contributed by atoms with Gasteiger partial charge in [0, 0.05) is 44.1 Å². The molecule has 0 aromatic heterocycles. The fourth-order valence-corrected chi connectivity index (χ4v) is 6.93. The highest BCUT2D eigenvalue weighted by atomic mass is 16.6. The third-order valence-corrected chi connectivity index (χ3v) is 9.40. The van der Waals surface area contributed by atoms with E-state index in [-0.39, 0.29) is 53.6 Å². The predicted molar refractivity (Wildman–Crippen MR) is 170 cm³/mol. The first kappa shape index (κ1) is 35.1. The van der Waals surface area contributed by atoms with Crippen LogP contribution in [-0.2, 0) is 23.8 Å². The molecular formula is C35H50N2O7. The zero-order chi connectivity index (χ0) is 32.4. The van der Waals surface area contributed by atoms with E-state index in [0.717, 1.165) is 6.42 Å². The van der Waals surface area contributed by atoms with Crippen molar-refractivity contribution < 1.29 is 33.7 Å². The Labute approximate surface area is 262 Å². The number of rotatable bonds is 6. The van der Waals surface area contributed by atoms with E-state index in [0.29, 0.717) is 6.42 Å². The van der Waals surface area contributed by atoms with Crippen molar-refractivity contribution in [1.82, 2.24) is 5.32 Å². The lowest BCUT2D eigenvalue weighted by molar-refractivity contribution is -0.156. The fraction of sp³-hybridized carbons (Fsp3) is 0.571. The second-order valence-electron chi connectivity index (χ2n) is 12.6. The van der Waals surface area contributed by atoms with Crippen LogP contribution in [0.4, 0.5) is 4.79 Å². The quantitative estimate of drug-likeness (QED) is 0.286. The van der Waals surface area contributed by atoms with Crippen molar-refractivity contribution in [1.29, 1.82) is 0 Å². The van der Waals surface area contributed by atoms with Crippen molar-refractivity contribution in [2.24, 2.45) is 40.7 Å². The van der Waals surface area contributed by atoms with Gasteiger partial charge in [-0.2, -0.15) is 0 Å². The molecule has 0 spiro atoms. The van der Waals surface area contributed by atoms with Crippen LogP contribution < -0.4 is 11.1 Å². The maximum atomic E-state index is 12.8. The molecule has 0 aromatic carbocycles. The van der Waals surface area contributed by atoms with E-state index in [4.69, 9.17) is 19.9 Å². The van der Waals surface area contributed by atoms with E-state index in [1.54, 1.807) is 26.2 Å². The lowest BCUT2D eigenvalue weighted by Gasteiger charge is -2.51. The average molecular weight is 611 g/mol. The molecule has 0 aromatic rings. The number of ether oxygens (including phenoxy) is 3. The van der Waals surface area contributed by atoms with Crippen molar-refractivity contribution in [3.05, 3.63) is 72.9 Å². The number of nitrogens with one attached hydrogen (secondary N) is 1. The minimum absolute atomic E-state index is 0.00142. The van der Waals surface area contributed by atoms with Crippen LogP contribution in [0, 0.1) is 35.0 Å². The minimum atomic E-state index is -0.920. The van der Waals surface area contributed by atoms with Crippen molar-refractivity contribution >= 4 is 18.0 Å². The number of carbonyl (C=O) groups excluding carboxylic acids is 3. The number of fused-ring (bicyclic) bond motifs is 3. The maximum Gasteiger partial charge on any atom is 0.404 e. The van der Waals surface area contributed by atoms with Gasteiger partial charge in [-0.05, 0) is 24.7 Å². The van der Waals surface area contributed by atoms with Gasteiger partial charge in [-0.1, -0.05) is 93.7 Å². The summed E-state index contributed by atoms with van der Waals surface area (Å²) < 4.78 is 17.2. The summed E-state index contributed by atoms with van der Waals surface area (Å²) in [6.07, 6.45) is 22.7. The molecule has 3 aliphatic rings. The number of hydrogen-bond acceptors (Lipinski definition) is 7. The number of cyclic esters (lactones) is 1. The van der Waals surface area contributed by atoms with Gasteiger partial charge in [0.1, 0.15) is 12.2 Å². The molecule has 1 fully saturated rings. The van der Waals surface area contributed by atoms with Crippen LogP contribution in [0.15, 0.2) is 72.9 Å². The molecule has 2 amide bonds. The Morgan fingerprint density at radius 2 is 1.77 bits per heavy atom. The number of hydrogen-bond donors (Lipinski definition) is 3. The van der Waals surface area contributed by atoms with Crippen LogP contribution in [0.2, 0.25) is 0 Å². The second-order valence-corrected chi connectivity index (χ2v) is 12.6. The number of allylic oxidation sites excluding steroid dienone is 9. The van der Waals surface area contributed by atoms with E-state index in [1.165, 1.54) is 6.92 Å². The molecule has 2 aliphatic carbocycles. The number of aliphatic hydroxyl groups excluding tert-OH is 1. The number of esters is 1. The molecule has 0 unspecified atom stereocenters. The van der Waals surface area contributed by atoms with Gasteiger partial charge in [-0.25, -0.2) is 4.79 Å². The Balaban J connectivity index is 1.96. The average Bonchev–Trinajstić information content (AvgIpc) is 2.96. The number of methoxy groups -OCH3 is 1. The van der Waals surface area contributed by atoms with Crippen LogP contribution in [0.5, 0.6) is 0 Å². The standard InChI is InChI=1S/C35H50N2O7/c1-22-14-11-12-15-26-17-18-28-29(20-27(42-6)21-30(28)43-34(36)41)35(26,5)19-13-9-7-8-10-16-31(39)44-33(22)23(2)32(40)24(3)37-25(4)38/h7-15,17-19,22-24,26-30,32-33,40H,16,20-21H2,1-6H3,(H2,36,41)(H,37,38)/b9-7-,10-8+,14-11+,15-12+,19-13+/t22-,23-,24-,26+,27+,28-,29-,30+,32+,33-,35+/m1/s1. The molecule has 9 nitrogen and oxygen atoms in total. The van der Waals surface area contributed by atoms with Gasteiger partial charge in [-0.3, -0.25) is 9.59 Å². The molecule has 1 aliphatic heterocycles. The van der Waals surface area contributed by atoms with Crippen LogP contribution in [0.25, 0.3) is 0 Å². The summed E-state index contributed by atoms with van der Waals surface area (Å²) in [5.41, 5.74) is 5.11. The fourth-order valence-electron chi connectivity index (χ4n) is 6.93. The Morgan fingerprint density at radius 1 is 1.07 bits per heavy atom.